The van der Waals surface area contributed by atoms with Crippen molar-refractivity contribution in [1.29, 1.82) is 0 Å². The Morgan fingerprint density at radius 1 is 1.00 bits per heavy atom. The number of carbonyl (C=O) groups is 1. The number of hydrogen-bond donors (Lipinski definition) is 1. The average molecular weight is 362 g/mol. The van der Waals surface area contributed by atoms with Crippen LogP contribution in [0.5, 0.6) is 0 Å². The van der Waals surface area contributed by atoms with Crippen LogP contribution in [0.3, 0.4) is 0 Å². The fraction of sp³-hybridized carbons (Fsp3) is 0.957. The second-order valence-electron chi connectivity index (χ2n) is 10.8. The van der Waals surface area contributed by atoms with Gasteiger partial charge in [0.05, 0.1) is 0 Å². The molecule has 4 aliphatic carbocycles. The van der Waals surface area contributed by atoms with Crippen molar-refractivity contribution >= 4 is 5.97 Å². The van der Waals surface area contributed by atoms with Crippen molar-refractivity contribution in [3.8, 4) is 0 Å². The van der Waals surface area contributed by atoms with Crippen LogP contribution in [0.15, 0.2) is 0 Å². The van der Waals surface area contributed by atoms with Crippen LogP contribution in [-0.4, -0.2) is 18.1 Å². The molecule has 4 rings (SSSR count). The number of hydrogen-bond acceptors (Lipinski definition) is 3. The third kappa shape index (κ3) is 2.75. The monoisotopic (exact) mass is 361 g/mol. The maximum atomic E-state index is 11.4. The van der Waals surface area contributed by atoms with Gasteiger partial charge in [-0.15, -0.1) is 0 Å². The summed E-state index contributed by atoms with van der Waals surface area (Å²) in [5.74, 6) is 4.04. The van der Waals surface area contributed by atoms with Gasteiger partial charge in [-0.3, -0.25) is 4.79 Å². The molecule has 3 nitrogen and oxygen atoms in total. The Labute approximate surface area is 159 Å². The molecule has 3 heteroatoms. The molecule has 8 unspecified atom stereocenters. The van der Waals surface area contributed by atoms with Crippen molar-refractivity contribution in [2.45, 2.75) is 97.6 Å². The summed E-state index contributed by atoms with van der Waals surface area (Å²) in [4.78, 5) is 11.4. The number of ether oxygens (including phenoxy) is 1. The fourth-order valence-electron chi connectivity index (χ4n) is 8.46. The molecule has 0 spiro atoms. The molecule has 0 aromatic carbocycles. The first-order valence-corrected chi connectivity index (χ1v) is 11.2. The third-order valence-electron chi connectivity index (χ3n) is 9.66. The lowest BCUT2D eigenvalue weighted by Gasteiger charge is -2.61. The molecule has 0 heterocycles. The van der Waals surface area contributed by atoms with Crippen LogP contribution in [0, 0.1) is 40.4 Å². The van der Waals surface area contributed by atoms with Gasteiger partial charge in [-0.25, -0.2) is 0 Å². The lowest BCUT2D eigenvalue weighted by atomic mass is 9.44. The van der Waals surface area contributed by atoms with E-state index >= 15 is 0 Å². The highest BCUT2D eigenvalue weighted by Gasteiger charge is 2.60. The van der Waals surface area contributed by atoms with Gasteiger partial charge in [-0.05, 0) is 105 Å². The van der Waals surface area contributed by atoms with E-state index in [4.69, 9.17) is 10.5 Å². The molecule has 0 saturated heterocycles. The molecule has 4 aliphatic rings. The molecule has 0 radical (unpaired) electrons. The Bertz CT molecular complexity index is 560. The minimum Gasteiger partial charge on any atom is -0.463 e. The summed E-state index contributed by atoms with van der Waals surface area (Å²) in [5, 5.41) is 0. The summed E-state index contributed by atoms with van der Waals surface area (Å²) in [6, 6.07) is 0.340. The molecule has 26 heavy (non-hydrogen) atoms. The van der Waals surface area contributed by atoms with Crippen molar-refractivity contribution < 1.29 is 9.53 Å². The highest BCUT2D eigenvalue weighted by Crippen LogP contribution is 2.67. The molecule has 0 amide bonds. The highest BCUT2D eigenvalue weighted by atomic mass is 16.5. The maximum Gasteiger partial charge on any atom is 0.302 e. The van der Waals surface area contributed by atoms with Crippen molar-refractivity contribution in [1.82, 2.24) is 0 Å². The molecule has 2 N–H and O–H groups in total. The topological polar surface area (TPSA) is 52.3 Å². The van der Waals surface area contributed by atoms with Gasteiger partial charge in [-0.2, -0.15) is 0 Å². The van der Waals surface area contributed by atoms with E-state index in [1.165, 1.54) is 44.9 Å². The number of carbonyl (C=O) groups excluding carboxylic acids is 1. The molecule has 0 aromatic rings. The largest absolute Gasteiger partial charge is 0.463 e. The van der Waals surface area contributed by atoms with Gasteiger partial charge >= 0.3 is 5.97 Å². The van der Waals surface area contributed by atoms with E-state index in [1.807, 2.05) is 0 Å². The van der Waals surface area contributed by atoms with Crippen LogP contribution in [0.2, 0.25) is 0 Å². The van der Waals surface area contributed by atoms with Crippen molar-refractivity contribution in [3.05, 3.63) is 0 Å². The van der Waals surface area contributed by atoms with Gasteiger partial charge < -0.3 is 10.5 Å². The Morgan fingerprint density at radius 3 is 2.38 bits per heavy atom. The van der Waals surface area contributed by atoms with Gasteiger partial charge in [0.25, 0.3) is 0 Å². The quantitative estimate of drug-likeness (QED) is 0.710. The van der Waals surface area contributed by atoms with Gasteiger partial charge in [0, 0.05) is 13.0 Å². The van der Waals surface area contributed by atoms with E-state index in [1.54, 1.807) is 6.92 Å². The normalized spacial score (nSPS) is 51.7. The lowest BCUT2D eigenvalue weighted by Crippen LogP contribution is -2.55. The number of rotatable bonds is 2. The summed E-state index contributed by atoms with van der Waals surface area (Å²) in [6.45, 7) is 8.95. The summed E-state index contributed by atoms with van der Waals surface area (Å²) in [7, 11) is 0. The van der Waals surface area contributed by atoms with Crippen molar-refractivity contribution in [2.24, 2.45) is 46.2 Å². The molecule has 4 fully saturated rings. The zero-order valence-electron chi connectivity index (χ0n) is 17.3. The summed E-state index contributed by atoms with van der Waals surface area (Å²) in [6.07, 6.45) is 11.8. The second-order valence-corrected chi connectivity index (χ2v) is 10.8. The van der Waals surface area contributed by atoms with Crippen LogP contribution < -0.4 is 5.73 Å². The smallest absolute Gasteiger partial charge is 0.302 e. The first kappa shape index (κ1) is 18.8. The molecule has 4 saturated carbocycles. The SMILES string of the molecule is CC(=O)OC1CCC2(C)C3CCC4(C)C(C(C)N)CCC4C3CC[C@H]2C1. The molecule has 9 atom stereocenters. The van der Waals surface area contributed by atoms with Crippen LogP contribution in [0.25, 0.3) is 0 Å². The van der Waals surface area contributed by atoms with Crippen LogP contribution >= 0.6 is 0 Å². The van der Waals surface area contributed by atoms with Gasteiger partial charge in [0.15, 0.2) is 0 Å². The molecular formula is C23H39NO2. The van der Waals surface area contributed by atoms with Crippen molar-refractivity contribution in [3.63, 3.8) is 0 Å². The first-order chi connectivity index (χ1) is 12.3. The second kappa shape index (κ2) is 6.50. The van der Waals surface area contributed by atoms with E-state index in [-0.39, 0.29) is 12.1 Å². The van der Waals surface area contributed by atoms with Crippen LogP contribution in [0.4, 0.5) is 0 Å². The molecular weight excluding hydrogens is 322 g/mol. The van der Waals surface area contributed by atoms with Crippen LogP contribution in [-0.2, 0) is 9.53 Å². The number of nitrogens with two attached hydrogens (primary N) is 1. The van der Waals surface area contributed by atoms with Gasteiger partial charge in [-0.1, -0.05) is 13.8 Å². The molecule has 148 valence electrons. The van der Waals surface area contributed by atoms with E-state index in [0.29, 0.717) is 16.9 Å². The number of fused-ring (bicyclic) bond motifs is 5. The van der Waals surface area contributed by atoms with Gasteiger partial charge in [0.1, 0.15) is 6.10 Å². The third-order valence-corrected chi connectivity index (χ3v) is 9.66. The minimum atomic E-state index is -0.103. The summed E-state index contributed by atoms with van der Waals surface area (Å²) >= 11 is 0. The lowest BCUT2D eigenvalue weighted by molar-refractivity contribution is -0.160. The van der Waals surface area contributed by atoms with E-state index in [9.17, 15) is 4.79 Å². The summed E-state index contributed by atoms with van der Waals surface area (Å²) < 4.78 is 5.59. The fourth-order valence-corrected chi connectivity index (χ4v) is 8.46. The predicted molar refractivity (Wildman–Crippen MR) is 104 cm³/mol. The maximum absolute atomic E-state index is 11.4. The Hall–Kier alpha value is -0.570. The standard InChI is InChI=1S/C23H39NO2/c1-14(24)19-7-8-20-18-6-5-16-13-17(26-15(2)25)9-11-22(16,3)21(18)10-12-23(19,20)4/h14,16-21H,5-13,24H2,1-4H3/t14?,16-,17?,18?,19?,20?,21?,22?,23?/m0/s1. The average Bonchev–Trinajstić information content (AvgIpc) is 2.92. The van der Waals surface area contributed by atoms with E-state index < -0.39 is 0 Å². The van der Waals surface area contributed by atoms with Crippen molar-refractivity contribution in [2.75, 3.05) is 0 Å². The number of esters is 1. The Kier molecular flexibility index (Phi) is 4.69. The zero-order chi connectivity index (χ0) is 18.7. The minimum absolute atomic E-state index is 0.103. The van der Waals surface area contributed by atoms with E-state index in [0.717, 1.165) is 42.4 Å². The van der Waals surface area contributed by atoms with Crippen LogP contribution in [0.1, 0.15) is 85.5 Å². The summed E-state index contributed by atoms with van der Waals surface area (Å²) in [5.41, 5.74) is 7.35. The highest BCUT2D eigenvalue weighted by molar-refractivity contribution is 5.66. The molecule has 0 aliphatic heterocycles. The Morgan fingerprint density at radius 2 is 1.69 bits per heavy atom. The molecule has 0 aromatic heterocycles. The predicted octanol–water partition coefficient (Wildman–Crippen LogP) is 4.92. The van der Waals surface area contributed by atoms with Gasteiger partial charge in [0.2, 0.25) is 0 Å². The Balaban J connectivity index is 1.53. The van der Waals surface area contributed by atoms with E-state index in [2.05, 4.69) is 20.8 Å². The molecule has 0 bridgehead atoms. The zero-order valence-corrected chi connectivity index (χ0v) is 17.3. The first-order valence-electron chi connectivity index (χ1n) is 11.2.